The summed E-state index contributed by atoms with van der Waals surface area (Å²) < 4.78 is 0. The predicted molar refractivity (Wildman–Crippen MR) is 48.8 cm³/mol. The number of nitrogens with one attached hydrogen (secondary N) is 1. The first-order valence-corrected chi connectivity index (χ1v) is 4.07. The number of amides is 1. The molecule has 5 heteroatoms. The number of aromatic nitrogens is 1. The van der Waals surface area contributed by atoms with E-state index in [2.05, 4.69) is 15.3 Å². The van der Waals surface area contributed by atoms with Crippen molar-refractivity contribution in [3.63, 3.8) is 0 Å². The number of carbonyl (C=O) groups excluding carboxylic acids is 2. The number of hydrogen-bond donors (Lipinski definition) is 1. The lowest BCUT2D eigenvalue weighted by molar-refractivity contribution is -0.122. The summed E-state index contributed by atoms with van der Waals surface area (Å²) in [6.45, 7) is 0. The molecule has 1 aliphatic heterocycles. The maximum atomic E-state index is 11.1. The molecule has 0 aromatic carbocycles. The quantitative estimate of drug-likeness (QED) is 0.504. The van der Waals surface area contributed by atoms with Gasteiger partial charge in [-0.05, 0) is 12.1 Å². The van der Waals surface area contributed by atoms with E-state index in [0.717, 1.165) is 0 Å². The number of pyridine rings is 1. The lowest BCUT2D eigenvalue weighted by Crippen LogP contribution is -2.34. The van der Waals surface area contributed by atoms with Gasteiger partial charge in [0.05, 0.1) is 0 Å². The Morgan fingerprint density at radius 3 is 2.86 bits per heavy atom. The highest BCUT2D eigenvalue weighted by Crippen LogP contribution is 2.03. The van der Waals surface area contributed by atoms with Crippen LogP contribution < -0.4 is 5.32 Å². The fraction of sp³-hybridized carbons (Fsp3) is 0.111. The van der Waals surface area contributed by atoms with Crippen molar-refractivity contribution in [2.45, 2.75) is 6.04 Å². The van der Waals surface area contributed by atoms with E-state index < -0.39 is 11.9 Å². The van der Waals surface area contributed by atoms with E-state index in [1.165, 1.54) is 0 Å². The van der Waals surface area contributed by atoms with Crippen LogP contribution in [0.4, 0.5) is 0 Å². The molecule has 1 unspecified atom stereocenters. The van der Waals surface area contributed by atoms with Crippen LogP contribution in [-0.4, -0.2) is 29.1 Å². The second-order valence-electron chi connectivity index (χ2n) is 2.77. The zero-order chi connectivity index (χ0) is 9.97. The molecule has 1 amide bonds. The molecule has 0 bridgehead atoms. The second-order valence-corrected chi connectivity index (χ2v) is 2.77. The minimum atomic E-state index is -0.855. The van der Waals surface area contributed by atoms with Gasteiger partial charge in [-0.1, -0.05) is 6.07 Å². The third-order valence-electron chi connectivity index (χ3n) is 1.82. The fourth-order valence-electron chi connectivity index (χ4n) is 1.15. The van der Waals surface area contributed by atoms with Crippen LogP contribution in [0.5, 0.6) is 0 Å². The Hall–Kier alpha value is -2.04. The smallest absolute Gasteiger partial charge is 0.277 e. The summed E-state index contributed by atoms with van der Waals surface area (Å²) >= 11 is 0. The SMILES string of the molecule is O=CC1NC(c2ccccn2)=NC1=O. The molecule has 70 valence electrons. The Morgan fingerprint density at radius 2 is 2.29 bits per heavy atom. The summed E-state index contributed by atoms with van der Waals surface area (Å²) in [6, 6.07) is 4.40. The van der Waals surface area contributed by atoms with E-state index in [1.807, 2.05) is 0 Å². The number of amidine groups is 1. The van der Waals surface area contributed by atoms with Crippen molar-refractivity contribution in [2.75, 3.05) is 0 Å². The summed E-state index contributed by atoms with van der Waals surface area (Å²) in [4.78, 5) is 29.2. The summed E-state index contributed by atoms with van der Waals surface area (Å²) in [6.07, 6.45) is 2.13. The fourth-order valence-corrected chi connectivity index (χ4v) is 1.15. The Balaban J connectivity index is 2.27. The number of rotatable bonds is 2. The van der Waals surface area contributed by atoms with Crippen LogP contribution in [0.2, 0.25) is 0 Å². The van der Waals surface area contributed by atoms with Crippen molar-refractivity contribution in [1.82, 2.24) is 10.3 Å². The third kappa shape index (κ3) is 1.39. The Kier molecular flexibility index (Phi) is 2.06. The molecule has 1 aromatic rings. The molecular weight excluding hydrogens is 182 g/mol. The van der Waals surface area contributed by atoms with Crippen LogP contribution in [-0.2, 0) is 9.59 Å². The molecule has 1 aliphatic rings. The number of nitrogens with zero attached hydrogens (tertiary/aromatic N) is 2. The molecule has 2 rings (SSSR count). The van der Waals surface area contributed by atoms with E-state index in [4.69, 9.17) is 0 Å². The van der Waals surface area contributed by atoms with Crippen LogP contribution in [0.1, 0.15) is 5.69 Å². The van der Waals surface area contributed by atoms with Crippen molar-refractivity contribution in [3.8, 4) is 0 Å². The van der Waals surface area contributed by atoms with E-state index in [1.54, 1.807) is 24.4 Å². The van der Waals surface area contributed by atoms with Gasteiger partial charge in [-0.25, -0.2) is 0 Å². The normalized spacial score (nSPS) is 20.1. The molecule has 14 heavy (non-hydrogen) atoms. The summed E-state index contributed by atoms with van der Waals surface area (Å²) in [5.41, 5.74) is 0.560. The van der Waals surface area contributed by atoms with Gasteiger partial charge in [-0.3, -0.25) is 9.78 Å². The van der Waals surface area contributed by atoms with Gasteiger partial charge in [0.25, 0.3) is 5.91 Å². The maximum absolute atomic E-state index is 11.1. The first kappa shape index (κ1) is 8.55. The van der Waals surface area contributed by atoms with Crippen molar-refractivity contribution in [2.24, 2.45) is 4.99 Å². The number of carbonyl (C=O) groups is 2. The summed E-state index contributed by atoms with van der Waals surface area (Å²) in [5.74, 6) is -0.117. The molecule has 1 atom stereocenters. The molecule has 5 nitrogen and oxygen atoms in total. The van der Waals surface area contributed by atoms with Gasteiger partial charge in [0.1, 0.15) is 5.69 Å². The predicted octanol–water partition coefficient (Wildman–Crippen LogP) is -0.475. The van der Waals surface area contributed by atoms with Gasteiger partial charge in [0, 0.05) is 6.20 Å². The Labute approximate surface area is 79.9 Å². The number of aldehydes is 1. The highest BCUT2D eigenvalue weighted by Gasteiger charge is 2.26. The monoisotopic (exact) mass is 189 g/mol. The summed E-state index contributed by atoms with van der Waals surface area (Å²) in [5, 5.41) is 2.68. The molecule has 1 aromatic heterocycles. The van der Waals surface area contributed by atoms with Gasteiger partial charge in [-0.15, -0.1) is 0 Å². The zero-order valence-electron chi connectivity index (χ0n) is 7.18. The molecule has 0 saturated heterocycles. The van der Waals surface area contributed by atoms with Gasteiger partial charge >= 0.3 is 0 Å². The molecule has 0 aliphatic carbocycles. The van der Waals surface area contributed by atoms with Crippen LogP contribution in [0.15, 0.2) is 29.4 Å². The van der Waals surface area contributed by atoms with Crippen molar-refractivity contribution in [1.29, 1.82) is 0 Å². The first-order valence-electron chi connectivity index (χ1n) is 4.07. The maximum Gasteiger partial charge on any atom is 0.277 e. The zero-order valence-corrected chi connectivity index (χ0v) is 7.18. The molecule has 0 saturated carbocycles. The highest BCUT2D eigenvalue weighted by atomic mass is 16.2. The summed E-state index contributed by atoms with van der Waals surface area (Å²) in [7, 11) is 0. The topological polar surface area (TPSA) is 71.4 Å². The minimum Gasteiger partial charge on any atom is -0.351 e. The van der Waals surface area contributed by atoms with Crippen LogP contribution >= 0.6 is 0 Å². The van der Waals surface area contributed by atoms with E-state index in [-0.39, 0.29) is 0 Å². The average molecular weight is 189 g/mol. The highest BCUT2D eigenvalue weighted by molar-refractivity contribution is 6.15. The van der Waals surface area contributed by atoms with E-state index in [0.29, 0.717) is 17.8 Å². The molecular formula is C9H7N3O2. The van der Waals surface area contributed by atoms with Gasteiger partial charge in [0.2, 0.25) is 0 Å². The molecule has 1 N–H and O–H groups in total. The molecule has 0 spiro atoms. The van der Waals surface area contributed by atoms with E-state index in [9.17, 15) is 9.59 Å². The standard InChI is InChI=1S/C9H7N3O2/c13-5-7-9(14)12-8(11-7)6-3-1-2-4-10-6/h1-5,7H,(H,11,12,14). The molecule has 2 heterocycles. The largest absolute Gasteiger partial charge is 0.351 e. The third-order valence-corrected chi connectivity index (χ3v) is 1.82. The second kappa shape index (κ2) is 3.37. The first-order chi connectivity index (χ1) is 6.81. The van der Waals surface area contributed by atoms with Gasteiger partial charge in [-0.2, -0.15) is 4.99 Å². The van der Waals surface area contributed by atoms with Gasteiger partial charge < -0.3 is 10.1 Å². The van der Waals surface area contributed by atoms with E-state index >= 15 is 0 Å². The van der Waals surface area contributed by atoms with Crippen molar-refractivity contribution >= 4 is 18.0 Å². The lowest BCUT2D eigenvalue weighted by Gasteiger charge is -2.01. The number of hydrogen-bond acceptors (Lipinski definition) is 4. The molecule has 0 fully saturated rings. The van der Waals surface area contributed by atoms with Crippen LogP contribution in [0.3, 0.4) is 0 Å². The van der Waals surface area contributed by atoms with Crippen molar-refractivity contribution < 1.29 is 9.59 Å². The Bertz CT molecular complexity index is 400. The van der Waals surface area contributed by atoms with Crippen LogP contribution in [0, 0.1) is 0 Å². The average Bonchev–Trinajstić information content (AvgIpc) is 2.61. The van der Waals surface area contributed by atoms with Crippen molar-refractivity contribution in [3.05, 3.63) is 30.1 Å². The Morgan fingerprint density at radius 1 is 1.43 bits per heavy atom. The minimum absolute atomic E-state index is 0.354. The van der Waals surface area contributed by atoms with Crippen LogP contribution in [0.25, 0.3) is 0 Å². The van der Waals surface area contributed by atoms with Gasteiger partial charge in [0.15, 0.2) is 18.2 Å². The molecule has 0 radical (unpaired) electrons. The lowest BCUT2D eigenvalue weighted by atomic mass is 10.3. The number of aliphatic imine (C=N–C) groups is 1.